The Morgan fingerprint density at radius 2 is 2.60 bits per heavy atom. The van der Waals surface area contributed by atoms with Crippen molar-refractivity contribution >= 4 is 5.71 Å². The van der Waals surface area contributed by atoms with Gasteiger partial charge >= 0.3 is 0 Å². The second kappa shape index (κ2) is 3.17. The lowest BCUT2D eigenvalue weighted by Gasteiger charge is -2.05. The average Bonchev–Trinajstić information content (AvgIpc) is 2.05. The molecular weight excluding hydrogens is 124 g/mol. The summed E-state index contributed by atoms with van der Waals surface area (Å²) in [6.45, 7) is 2.68. The van der Waals surface area contributed by atoms with E-state index in [1.54, 1.807) is 0 Å². The molecular formula is C8H10N2. The van der Waals surface area contributed by atoms with Crippen LogP contribution in [0.1, 0.15) is 19.8 Å². The molecule has 0 saturated carbocycles. The third-order valence-corrected chi connectivity index (χ3v) is 1.61. The molecule has 2 heteroatoms. The van der Waals surface area contributed by atoms with Gasteiger partial charge in [0.05, 0.1) is 12.6 Å². The Labute approximate surface area is 60.9 Å². The van der Waals surface area contributed by atoms with Crippen LogP contribution < -0.4 is 0 Å². The fraction of sp³-hybridized carbons (Fsp3) is 0.500. The Morgan fingerprint density at radius 3 is 3.00 bits per heavy atom. The van der Waals surface area contributed by atoms with Crippen LogP contribution in [0.25, 0.3) is 0 Å². The summed E-state index contributed by atoms with van der Waals surface area (Å²) in [7, 11) is 0. The second-order valence-corrected chi connectivity index (χ2v) is 2.28. The van der Waals surface area contributed by atoms with Gasteiger partial charge < -0.3 is 0 Å². The Morgan fingerprint density at radius 1 is 1.80 bits per heavy atom. The van der Waals surface area contributed by atoms with Crippen LogP contribution in [0.4, 0.5) is 0 Å². The first kappa shape index (κ1) is 7.01. The molecule has 1 aliphatic rings. The summed E-state index contributed by atoms with van der Waals surface area (Å²) in [6, 6.07) is 2.10. The minimum absolute atomic E-state index is 0.597. The Hall–Kier alpha value is -1.10. The first-order valence-electron chi connectivity index (χ1n) is 3.48. The van der Waals surface area contributed by atoms with Crippen molar-refractivity contribution in [3.05, 3.63) is 11.6 Å². The van der Waals surface area contributed by atoms with Gasteiger partial charge in [0.1, 0.15) is 0 Å². The molecule has 0 unspecified atom stereocenters. The van der Waals surface area contributed by atoms with Gasteiger partial charge in [-0.05, 0) is 6.42 Å². The summed E-state index contributed by atoms with van der Waals surface area (Å²) in [6.07, 6.45) is 3.85. The Kier molecular flexibility index (Phi) is 2.22. The minimum atomic E-state index is 0.597. The number of nitriles is 1. The van der Waals surface area contributed by atoms with E-state index in [0.717, 1.165) is 18.4 Å². The smallest absolute Gasteiger partial charge is 0.0963 e. The lowest BCUT2D eigenvalue weighted by atomic mass is 10.1. The van der Waals surface area contributed by atoms with E-state index >= 15 is 0 Å². The molecule has 0 N–H and O–H groups in total. The molecule has 1 aliphatic heterocycles. The quantitative estimate of drug-likeness (QED) is 0.537. The van der Waals surface area contributed by atoms with Crippen LogP contribution in [0.2, 0.25) is 0 Å². The monoisotopic (exact) mass is 134 g/mol. The molecule has 52 valence electrons. The fourth-order valence-electron chi connectivity index (χ4n) is 0.904. The van der Waals surface area contributed by atoms with Crippen LogP contribution in [-0.2, 0) is 0 Å². The van der Waals surface area contributed by atoms with Gasteiger partial charge in [0.25, 0.3) is 0 Å². The maximum absolute atomic E-state index is 8.46. The summed E-state index contributed by atoms with van der Waals surface area (Å²) in [5, 5.41) is 8.46. The van der Waals surface area contributed by atoms with Gasteiger partial charge in [-0.1, -0.05) is 13.0 Å². The molecule has 0 aromatic rings. The van der Waals surface area contributed by atoms with Crippen molar-refractivity contribution in [2.45, 2.75) is 19.8 Å². The lowest BCUT2D eigenvalue weighted by Crippen LogP contribution is -2.03. The number of hydrogen-bond donors (Lipinski definition) is 0. The van der Waals surface area contributed by atoms with Crippen LogP contribution in [0.5, 0.6) is 0 Å². The SMILES string of the molecule is CCC1=NCC(C#N)=CC1. The second-order valence-electron chi connectivity index (χ2n) is 2.28. The molecule has 0 saturated heterocycles. The fourth-order valence-corrected chi connectivity index (χ4v) is 0.904. The molecule has 1 rings (SSSR count). The van der Waals surface area contributed by atoms with Crippen LogP contribution in [-0.4, -0.2) is 12.3 Å². The summed E-state index contributed by atoms with van der Waals surface area (Å²) in [5.74, 6) is 0. The standard InChI is InChI=1S/C8H10N2/c1-2-8-4-3-7(5-9)6-10-8/h3H,2,4,6H2,1H3. The number of nitrogens with zero attached hydrogens (tertiary/aromatic N) is 2. The van der Waals surface area contributed by atoms with Gasteiger partial charge in [0.2, 0.25) is 0 Å². The molecule has 0 amide bonds. The van der Waals surface area contributed by atoms with Gasteiger partial charge in [-0.3, -0.25) is 4.99 Å². The number of dihydropyridines is 1. The van der Waals surface area contributed by atoms with E-state index in [-0.39, 0.29) is 0 Å². The normalized spacial score (nSPS) is 17.2. The van der Waals surface area contributed by atoms with Crippen molar-refractivity contribution in [3.8, 4) is 6.07 Å². The van der Waals surface area contributed by atoms with E-state index in [1.165, 1.54) is 5.71 Å². The predicted octanol–water partition coefficient (Wildman–Crippen LogP) is 1.69. The molecule has 0 spiro atoms. The molecule has 0 aliphatic carbocycles. The van der Waals surface area contributed by atoms with Gasteiger partial charge in [-0.2, -0.15) is 5.26 Å². The topological polar surface area (TPSA) is 36.1 Å². The molecule has 0 fully saturated rings. The van der Waals surface area contributed by atoms with Crippen LogP contribution in [0.3, 0.4) is 0 Å². The molecule has 0 aromatic carbocycles. The van der Waals surface area contributed by atoms with Crippen molar-refractivity contribution < 1.29 is 0 Å². The first-order chi connectivity index (χ1) is 4.86. The number of aliphatic imine (C=N–C) groups is 1. The van der Waals surface area contributed by atoms with Gasteiger partial charge in [-0.15, -0.1) is 0 Å². The van der Waals surface area contributed by atoms with E-state index in [2.05, 4.69) is 18.0 Å². The van der Waals surface area contributed by atoms with E-state index in [9.17, 15) is 0 Å². The molecule has 0 aromatic heterocycles. The van der Waals surface area contributed by atoms with Crippen LogP contribution in [0.15, 0.2) is 16.6 Å². The van der Waals surface area contributed by atoms with Crippen molar-refractivity contribution in [2.75, 3.05) is 6.54 Å². The zero-order chi connectivity index (χ0) is 7.40. The molecule has 0 radical (unpaired) electrons. The van der Waals surface area contributed by atoms with Gasteiger partial charge in [0, 0.05) is 17.7 Å². The average molecular weight is 134 g/mol. The third-order valence-electron chi connectivity index (χ3n) is 1.61. The Bertz CT molecular complexity index is 218. The van der Waals surface area contributed by atoms with Gasteiger partial charge in [0.15, 0.2) is 0 Å². The minimum Gasteiger partial charge on any atom is -0.288 e. The predicted molar refractivity (Wildman–Crippen MR) is 40.9 cm³/mol. The van der Waals surface area contributed by atoms with E-state index in [1.807, 2.05) is 6.08 Å². The summed E-state index contributed by atoms with van der Waals surface area (Å²) in [4.78, 5) is 4.23. The van der Waals surface area contributed by atoms with Gasteiger partial charge in [-0.25, -0.2) is 0 Å². The summed E-state index contributed by atoms with van der Waals surface area (Å²) >= 11 is 0. The molecule has 0 bridgehead atoms. The highest BCUT2D eigenvalue weighted by atomic mass is 14.7. The van der Waals surface area contributed by atoms with E-state index in [0.29, 0.717) is 6.54 Å². The van der Waals surface area contributed by atoms with Crippen LogP contribution in [0, 0.1) is 11.3 Å². The summed E-state index contributed by atoms with van der Waals surface area (Å²) < 4.78 is 0. The van der Waals surface area contributed by atoms with Crippen molar-refractivity contribution in [3.63, 3.8) is 0 Å². The summed E-state index contributed by atoms with van der Waals surface area (Å²) in [5.41, 5.74) is 2.01. The highest BCUT2D eigenvalue weighted by Gasteiger charge is 2.02. The molecule has 1 heterocycles. The zero-order valence-electron chi connectivity index (χ0n) is 6.09. The molecule has 2 nitrogen and oxygen atoms in total. The number of rotatable bonds is 1. The highest BCUT2D eigenvalue weighted by molar-refractivity contribution is 5.86. The van der Waals surface area contributed by atoms with Crippen molar-refractivity contribution in [2.24, 2.45) is 4.99 Å². The van der Waals surface area contributed by atoms with Crippen LogP contribution >= 0.6 is 0 Å². The Balaban J connectivity index is 2.55. The number of hydrogen-bond acceptors (Lipinski definition) is 2. The highest BCUT2D eigenvalue weighted by Crippen LogP contribution is 2.06. The van der Waals surface area contributed by atoms with Crippen molar-refractivity contribution in [1.29, 1.82) is 5.26 Å². The van der Waals surface area contributed by atoms with Crippen molar-refractivity contribution in [1.82, 2.24) is 0 Å². The lowest BCUT2D eigenvalue weighted by molar-refractivity contribution is 1.06. The largest absolute Gasteiger partial charge is 0.288 e. The molecule has 0 atom stereocenters. The zero-order valence-corrected chi connectivity index (χ0v) is 6.09. The third kappa shape index (κ3) is 1.44. The maximum atomic E-state index is 8.46. The molecule has 10 heavy (non-hydrogen) atoms. The maximum Gasteiger partial charge on any atom is 0.0963 e. The van der Waals surface area contributed by atoms with E-state index in [4.69, 9.17) is 5.26 Å². The number of allylic oxidation sites excluding steroid dienone is 1. The van der Waals surface area contributed by atoms with E-state index < -0.39 is 0 Å². The first-order valence-corrected chi connectivity index (χ1v) is 3.48.